The maximum Gasteiger partial charge on any atom is 0.0675 e. The van der Waals surface area contributed by atoms with Crippen molar-refractivity contribution in [2.75, 3.05) is 28.2 Å². The molecule has 0 amide bonds. The molecule has 0 saturated carbocycles. The number of nitrogens with zero attached hydrogens (tertiary/aromatic N) is 1. The van der Waals surface area contributed by atoms with E-state index in [-0.39, 0.29) is 0 Å². The zero-order valence-corrected chi connectivity index (χ0v) is 10.7. The molecule has 0 aliphatic rings. The highest BCUT2D eigenvalue weighted by Gasteiger charge is 2.03. The second-order valence-corrected chi connectivity index (χ2v) is 5.13. The Hall–Kier alpha value is -1.35. The van der Waals surface area contributed by atoms with Gasteiger partial charge in [0.05, 0.1) is 28.2 Å². The van der Waals surface area contributed by atoms with Gasteiger partial charge < -0.3 is 14.4 Å². The summed E-state index contributed by atoms with van der Waals surface area (Å²) in [5, 5.41) is 10.4. The van der Waals surface area contributed by atoms with Crippen LogP contribution in [0.3, 0.4) is 0 Å². The summed E-state index contributed by atoms with van der Waals surface area (Å²) >= 11 is 0. The number of carboxylic acid groups (broad SMARTS) is 1. The fourth-order valence-electron chi connectivity index (χ4n) is 0.878. The van der Waals surface area contributed by atoms with Crippen LogP contribution in [-0.2, 0) is 4.79 Å². The third kappa shape index (κ3) is 8.00. The van der Waals surface area contributed by atoms with Crippen LogP contribution >= 0.6 is 0 Å². The molecule has 0 bridgehead atoms. The molecular formula is C13H21NO2. The first-order valence-electron chi connectivity index (χ1n) is 5.26. The molecule has 1 atom stereocenters. The van der Waals surface area contributed by atoms with Gasteiger partial charge in [0.1, 0.15) is 0 Å². The first-order valence-corrected chi connectivity index (χ1v) is 5.26. The zero-order valence-electron chi connectivity index (χ0n) is 10.7. The SMILES string of the molecule is CC(C(=O)[O-])c1ccccc1.C[N+](C)(C)C. The van der Waals surface area contributed by atoms with Crippen molar-refractivity contribution in [3.63, 3.8) is 0 Å². The Morgan fingerprint density at radius 3 is 1.81 bits per heavy atom. The van der Waals surface area contributed by atoms with Gasteiger partial charge in [-0.15, -0.1) is 0 Å². The predicted octanol–water partition coefficient (Wildman–Crippen LogP) is 0.862. The average molecular weight is 223 g/mol. The number of hydrogen-bond acceptors (Lipinski definition) is 2. The van der Waals surface area contributed by atoms with Gasteiger partial charge in [0.25, 0.3) is 0 Å². The van der Waals surface area contributed by atoms with E-state index < -0.39 is 11.9 Å². The summed E-state index contributed by atoms with van der Waals surface area (Å²) in [7, 11) is 8.50. The Balaban J connectivity index is 0.000000385. The minimum absolute atomic E-state index is 0.517. The van der Waals surface area contributed by atoms with Crippen molar-refractivity contribution in [3.05, 3.63) is 35.9 Å². The summed E-state index contributed by atoms with van der Waals surface area (Å²) in [6, 6.07) is 9.04. The monoisotopic (exact) mass is 223 g/mol. The Labute approximate surface area is 97.9 Å². The van der Waals surface area contributed by atoms with Crippen LogP contribution in [0, 0.1) is 0 Å². The van der Waals surface area contributed by atoms with E-state index in [1.54, 1.807) is 19.1 Å². The summed E-state index contributed by atoms with van der Waals surface area (Å²) < 4.78 is 1.00. The van der Waals surface area contributed by atoms with E-state index >= 15 is 0 Å². The van der Waals surface area contributed by atoms with E-state index in [0.29, 0.717) is 0 Å². The van der Waals surface area contributed by atoms with Crippen LogP contribution in [0.4, 0.5) is 0 Å². The van der Waals surface area contributed by atoms with Gasteiger partial charge in [0, 0.05) is 11.9 Å². The van der Waals surface area contributed by atoms with E-state index in [4.69, 9.17) is 0 Å². The van der Waals surface area contributed by atoms with Gasteiger partial charge in [-0.05, 0) is 5.56 Å². The van der Waals surface area contributed by atoms with Crippen LogP contribution in [-0.4, -0.2) is 38.6 Å². The van der Waals surface area contributed by atoms with Crippen molar-refractivity contribution in [2.24, 2.45) is 0 Å². The van der Waals surface area contributed by atoms with Gasteiger partial charge in [-0.25, -0.2) is 0 Å². The molecule has 0 N–H and O–H groups in total. The standard InChI is InChI=1S/C9H10O2.C4H12N/c1-7(9(10)11)8-5-3-2-4-6-8;1-5(2,3)4/h2-7H,1H3,(H,10,11);1-4H3/q;+1/p-1. The topological polar surface area (TPSA) is 40.1 Å². The Kier molecular flexibility index (Phi) is 5.75. The normalized spacial score (nSPS) is 12.3. The Morgan fingerprint density at radius 2 is 1.50 bits per heavy atom. The lowest BCUT2D eigenvalue weighted by Crippen LogP contribution is -2.27. The number of aliphatic carboxylic acids is 1. The average Bonchev–Trinajstić information content (AvgIpc) is 2.15. The molecule has 1 unspecified atom stereocenters. The van der Waals surface area contributed by atoms with Crippen LogP contribution < -0.4 is 5.11 Å². The van der Waals surface area contributed by atoms with Crippen molar-refractivity contribution < 1.29 is 14.4 Å². The lowest BCUT2D eigenvalue weighted by molar-refractivity contribution is -0.849. The quantitative estimate of drug-likeness (QED) is 0.698. The molecule has 0 aliphatic carbocycles. The number of carbonyl (C=O) groups is 1. The lowest BCUT2D eigenvalue weighted by Gasteiger charge is -2.14. The van der Waals surface area contributed by atoms with Gasteiger partial charge in [0.15, 0.2) is 0 Å². The highest BCUT2D eigenvalue weighted by molar-refractivity contribution is 5.73. The predicted molar refractivity (Wildman–Crippen MR) is 63.8 cm³/mol. The number of benzene rings is 1. The van der Waals surface area contributed by atoms with Crippen molar-refractivity contribution in [3.8, 4) is 0 Å². The molecule has 1 aromatic rings. The smallest absolute Gasteiger partial charge is 0.0675 e. The van der Waals surface area contributed by atoms with Gasteiger partial charge >= 0.3 is 0 Å². The lowest BCUT2D eigenvalue weighted by atomic mass is 10.0. The molecule has 0 fully saturated rings. The fourth-order valence-corrected chi connectivity index (χ4v) is 0.878. The van der Waals surface area contributed by atoms with Crippen LogP contribution in [0.2, 0.25) is 0 Å². The number of carboxylic acids is 1. The molecule has 0 saturated heterocycles. The Bertz CT molecular complexity index is 308. The van der Waals surface area contributed by atoms with Gasteiger partial charge in [0.2, 0.25) is 0 Å². The number of rotatable bonds is 2. The molecule has 0 aliphatic heterocycles. The minimum Gasteiger partial charge on any atom is -0.550 e. The van der Waals surface area contributed by atoms with Crippen molar-refractivity contribution in [1.29, 1.82) is 0 Å². The first-order chi connectivity index (χ1) is 7.22. The largest absolute Gasteiger partial charge is 0.550 e. The van der Waals surface area contributed by atoms with Gasteiger partial charge in [-0.1, -0.05) is 37.3 Å². The van der Waals surface area contributed by atoms with E-state index in [0.717, 1.165) is 10.0 Å². The van der Waals surface area contributed by atoms with Crippen LogP contribution in [0.25, 0.3) is 0 Å². The van der Waals surface area contributed by atoms with E-state index in [1.165, 1.54) is 0 Å². The van der Waals surface area contributed by atoms with Gasteiger partial charge in [-0.2, -0.15) is 0 Å². The molecule has 0 heterocycles. The summed E-state index contributed by atoms with van der Waals surface area (Å²) in [5.41, 5.74) is 0.785. The molecule has 1 rings (SSSR count). The van der Waals surface area contributed by atoms with Gasteiger partial charge in [-0.3, -0.25) is 0 Å². The second-order valence-electron chi connectivity index (χ2n) is 5.13. The molecular weight excluding hydrogens is 202 g/mol. The summed E-state index contributed by atoms with van der Waals surface area (Å²) in [6.45, 7) is 1.62. The fraction of sp³-hybridized carbons (Fsp3) is 0.462. The number of hydrogen-bond donors (Lipinski definition) is 0. The van der Waals surface area contributed by atoms with Crippen molar-refractivity contribution in [2.45, 2.75) is 12.8 Å². The van der Waals surface area contributed by atoms with E-state index in [1.807, 2.05) is 18.2 Å². The molecule has 16 heavy (non-hydrogen) atoms. The highest BCUT2D eigenvalue weighted by Crippen LogP contribution is 2.12. The van der Waals surface area contributed by atoms with Crippen molar-refractivity contribution in [1.82, 2.24) is 0 Å². The molecule has 0 radical (unpaired) electrons. The number of quaternary nitrogens is 1. The van der Waals surface area contributed by atoms with E-state index in [9.17, 15) is 9.90 Å². The van der Waals surface area contributed by atoms with E-state index in [2.05, 4.69) is 28.2 Å². The minimum atomic E-state index is -1.03. The summed E-state index contributed by atoms with van der Waals surface area (Å²) in [4.78, 5) is 10.4. The van der Waals surface area contributed by atoms with Crippen LogP contribution in [0.1, 0.15) is 18.4 Å². The molecule has 3 heteroatoms. The summed E-state index contributed by atoms with van der Waals surface area (Å²) in [5.74, 6) is -1.55. The maximum absolute atomic E-state index is 10.4. The molecule has 3 nitrogen and oxygen atoms in total. The molecule has 90 valence electrons. The first kappa shape index (κ1) is 14.6. The molecule has 0 spiro atoms. The van der Waals surface area contributed by atoms with Crippen LogP contribution in [0.5, 0.6) is 0 Å². The molecule has 0 aromatic heterocycles. The Morgan fingerprint density at radius 1 is 1.12 bits per heavy atom. The maximum atomic E-state index is 10.4. The third-order valence-electron chi connectivity index (χ3n) is 1.65. The number of carbonyl (C=O) groups excluding carboxylic acids is 1. The highest BCUT2D eigenvalue weighted by atomic mass is 16.4. The third-order valence-corrected chi connectivity index (χ3v) is 1.65. The zero-order chi connectivity index (χ0) is 12.8. The van der Waals surface area contributed by atoms with Crippen LogP contribution in [0.15, 0.2) is 30.3 Å². The molecule has 1 aromatic carbocycles. The summed E-state index contributed by atoms with van der Waals surface area (Å²) in [6.07, 6.45) is 0. The van der Waals surface area contributed by atoms with Crippen molar-refractivity contribution >= 4 is 5.97 Å². The second kappa shape index (κ2) is 6.28.